The number of allylic oxidation sites excluding steroid dienone is 24. The quantitative estimate of drug-likeness (QED) is 0.0262. The highest BCUT2D eigenvalue weighted by Crippen LogP contribution is 2.12. The molecule has 0 aliphatic carbocycles. The third-order valence-corrected chi connectivity index (χ3v) is 11.1. The molecule has 6 nitrogen and oxygen atoms in total. The van der Waals surface area contributed by atoms with Crippen molar-refractivity contribution in [1.29, 1.82) is 0 Å². The summed E-state index contributed by atoms with van der Waals surface area (Å²) in [5, 5.41) is 0. The van der Waals surface area contributed by atoms with Crippen LogP contribution in [0.3, 0.4) is 0 Å². The molecule has 0 aromatic heterocycles. The Hall–Kier alpha value is -4.71. The van der Waals surface area contributed by atoms with Gasteiger partial charge in [0.1, 0.15) is 13.2 Å². The Balaban J connectivity index is 4.38. The van der Waals surface area contributed by atoms with E-state index < -0.39 is 6.10 Å². The molecule has 6 heteroatoms. The molecule has 0 aliphatic rings. The summed E-state index contributed by atoms with van der Waals surface area (Å²) in [5.41, 5.74) is 0. The van der Waals surface area contributed by atoms with E-state index in [0.717, 1.165) is 141 Å². The summed E-state index contributed by atoms with van der Waals surface area (Å²) in [4.78, 5) is 37.9. The van der Waals surface area contributed by atoms with Crippen LogP contribution in [0.15, 0.2) is 146 Å². The summed E-state index contributed by atoms with van der Waals surface area (Å²) in [7, 11) is 0. The first-order chi connectivity index (χ1) is 34.5. The van der Waals surface area contributed by atoms with E-state index in [4.69, 9.17) is 14.2 Å². The van der Waals surface area contributed by atoms with Crippen molar-refractivity contribution in [2.24, 2.45) is 0 Å². The van der Waals surface area contributed by atoms with Crippen molar-refractivity contribution in [2.75, 3.05) is 13.2 Å². The standard InChI is InChI=1S/C64H100O6/c1-4-7-10-13-16-19-21-23-25-27-28-29-30-31-32-33-34-35-36-38-39-41-43-45-48-51-54-57-63(66)69-60-61(59-68-62(65)56-53-50-47-18-15-12-9-6-3)70-64(67)58-55-52-49-46-44-42-40-37-26-24-22-20-17-14-11-8-5-2/h7-8,10-11,16-17,19-20,23-26,28-29,31-32,34-35,38-40,42,46,49,61H,4-6,9,12-15,18,21-22,27,30,33,36-37,41,43-45,47-48,50-60H2,1-3H3/b10-7-,11-8-,19-16-,20-17-,25-23-,26-24-,29-28-,32-31-,35-34-,39-38-,42-40-,49-46-. The van der Waals surface area contributed by atoms with E-state index in [1.165, 1.54) is 32.1 Å². The van der Waals surface area contributed by atoms with Crippen LogP contribution in [0.1, 0.15) is 220 Å². The fourth-order valence-electron chi connectivity index (χ4n) is 6.99. The first kappa shape index (κ1) is 65.3. The third kappa shape index (κ3) is 54.2. The van der Waals surface area contributed by atoms with E-state index in [0.29, 0.717) is 19.3 Å². The van der Waals surface area contributed by atoms with Crippen molar-refractivity contribution in [3.05, 3.63) is 146 Å². The summed E-state index contributed by atoms with van der Waals surface area (Å²) < 4.78 is 16.7. The summed E-state index contributed by atoms with van der Waals surface area (Å²) >= 11 is 0. The Bertz CT molecular complexity index is 1580. The highest BCUT2D eigenvalue weighted by molar-refractivity contribution is 5.71. The fourth-order valence-corrected chi connectivity index (χ4v) is 6.99. The van der Waals surface area contributed by atoms with Crippen molar-refractivity contribution in [1.82, 2.24) is 0 Å². The van der Waals surface area contributed by atoms with Crippen LogP contribution in [-0.2, 0) is 28.6 Å². The van der Waals surface area contributed by atoms with Gasteiger partial charge in [-0.3, -0.25) is 14.4 Å². The predicted molar refractivity (Wildman–Crippen MR) is 302 cm³/mol. The lowest BCUT2D eigenvalue weighted by Gasteiger charge is -2.18. The SMILES string of the molecule is CC/C=C\C/C=C\C/C=C\C/C=C\C/C=C\C/C=C\C/C=C\CCCCCCCC(=O)OCC(COC(=O)CCCCCCCCCC)OC(=O)CCC/C=C\C/C=C\C/C=C\C/C=C\C/C=C\CC. The number of esters is 3. The Labute approximate surface area is 429 Å². The molecule has 1 atom stereocenters. The van der Waals surface area contributed by atoms with Gasteiger partial charge in [0, 0.05) is 19.3 Å². The van der Waals surface area contributed by atoms with Gasteiger partial charge in [-0.1, -0.05) is 231 Å². The second-order valence-electron chi connectivity index (χ2n) is 17.7. The molecule has 0 heterocycles. The van der Waals surface area contributed by atoms with Gasteiger partial charge in [-0.25, -0.2) is 0 Å². The molecule has 0 saturated heterocycles. The van der Waals surface area contributed by atoms with Crippen LogP contribution >= 0.6 is 0 Å². The van der Waals surface area contributed by atoms with Crippen LogP contribution in [0.5, 0.6) is 0 Å². The van der Waals surface area contributed by atoms with Crippen molar-refractivity contribution >= 4 is 17.9 Å². The summed E-state index contributed by atoms with van der Waals surface area (Å²) in [5.74, 6) is -1.00. The molecule has 0 amide bonds. The van der Waals surface area contributed by atoms with E-state index in [1.54, 1.807) is 0 Å². The second kappa shape index (κ2) is 56.9. The predicted octanol–water partition coefficient (Wildman–Crippen LogP) is 18.8. The third-order valence-electron chi connectivity index (χ3n) is 11.1. The number of carbonyl (C=O) groups excluding carboxylic acids is 3. The largest absolute Gasteiger partial charge is 0.462 e. The summed E-state index contributed by atoms with van der Waals surface area (Å²) in [6.45, 7) is 6.29. The molecule has 70 heavy (non-hydrogen) atoms. The maximum absolute atomic E-state index is 12.8. The van der Waals surface area contributed by atoms with Crippen LogP contribution in [0.4, 0.5) is 0 Å². The zero-order valence-electron chi connectivity index (χ0n) is 44.7. The van der Waals surface area contributed by atoms with Gasteiger partial charge in [0.05, 0.1) is 0 Å². The number of unbranched alkanes of at least 4 members (excludes halogenated alkanes) is 13. The first-order valence-electron chi connectivity index (χ1n) is 27.8. The van der Waals surface area contributed by atoms with E-state index in [-0.39, 0.29) is 37.5 Å². The molecule has 0 saturated carbocycles. The van der Waals surface area contributed by atoms with E-state index in [1.807, 2.05) is 0 Å². The molecule has 0 rings (SSSR count). The Kier molecular flexibility index (Phi) is 53.0. The molecular formula is C64H100O6. The van der Waals surface area contributed by atoms with Gasteiger partial charge in [-0.2, -0.15) is 0 Å². The first-order valence-corrected chi connectivity index (χ1v) is 27.8. The van der Waals surface area contributed by atoms with Crippen molar-refractivity contribution in [2.45, 2.75) is 226 Å². The molecule has 0 spiro atoms. The Morgan fingerprint density at radius 2 is 0.571 bits per heavy atom. The van der Waals surface area contributed by atoms with Crippen LogP contribution in [0.25, 0.3) is 0 Å². The van der Waals surface area contributed by atoms with E-state index >= 15 is 0 Å². The second-order valence-corrected chi connectivity index (χ2v) is 17.7. The molecular weight excluding hydrogens is 865 g/mol. The van der Waals surface area contributed by atoms with Crippen LogP contribution < -0.4 is 0 Å². The minimum Gasteiger partial charge on any atom is -0.462 e. The highest BCUT2D eigenvalue weighted by atomic mass is 16.6. The molecule has 0 aromatic carbocycles. The minimum atomic E-state index is -0.819. The monoisotopic (exact) mass is 965 g/mol. The van der Waals surface area contributed by atoms with Crippen molar-refractivity contribution in [3.63, 3.8) is 0 Å². The maximum atomic E-state index is 12.8. The average molecular weight is 965 g/mol. The highest BCUT2D eigenvalue weighted by Gasteiger charge is 2.19. The molecule has 0 N–H and O–H groups in total. The van der Waals surface area contributed by atoms with E-state index in [9.17, 15) is 14.4 Å². The number of carbonyl (C=O) groups is 3. The summed E-state index contributed by atoms with van der Waals surface area (Å²) in [6.07, 6.45) is 81.4. The lowest BCUT2D eigenvalue weighted by Crippen LogP contribution is -2.30. The van der Waals surface area contributed by atoms with Gasteiger partial charge in [0.2, 0.25) is 0 Å². The molecule has 0 aromatic rings. The van der Waals surface area contributed by atoms with E-state index in [2.05, 4.69) is 167 Å². The lowest BCUT2D eigenvalue weighted by atomic mass is 10.1. The molecule has 0 aliphatic heterocycles. The molecule has 1 unspecified atom stereocenters. The maximum Gasteiger partial charge on any atom is 0.306 e. The van der Waals surface area contributed by atoms with Crippen molar-refractivity contribution < 1.29 is 28.6 Å². The molecule has 0 radical (unpaired) electrons. The average Bonchev–Trinajstić information content (AvgIpc) is 3.36. The number of hydrogen-bond donors (Lipinski definition) is 0. The lowest BCUT2D eigenvalue weighted by molar-refractivity contribution is -0.167. The van der Waals surface area contributed by atoms with Gasteiger partial charge in [0.15, 0.2) is 6.10 Å². The fraction of sp³-hybridized carbons (Fsp3) is 0.578. The minimum absolute atomic E-state index is 0.112. The zero-order valence-corrected chi connectivity index (χ0v) is 44.7. The summed E-state index contributed by atoms with van der Waals surface area (Å²) in [6, 6.07) is 0. The van der Waals surface area contributed by atoms with Crippen LogP contribution in [-0.4, -0.2) is 37.2 Å². The smallest absolute Gasteiger partial charge is 0.306 e. The van der Waals surface area contributed by atoms with Crippen molar-refractivity contribution in [3.8, 4) is 0 Å². The Morgan fingerprint density at radius 1 is 0.300 bits per heavy atom. The molecule has 392 valence electrons. The zero-order chi connectivity index (χ0) is 50.7. The van der Waals surface area contributed by atoms with Gasteiger partial charge < -0.3 is 14.2 Å². The van der Waals surface area contributed by atoms with Gasteiger partial charge in [-0.05, 0) is 116 Å². The molecule has 0 fully saturated rings. The normalized spacial score (nSPS) is 13.2. The number of rotatable bonds is 48. The van der Waals surface area contributed by atoms with Gasteiger partial charge in [0.25, 0.3) is 0 Å². The Morgan fingerprint density at radius 3 is 0.914 bits per heavy atom. The van der Waals surface area contributed by atoms with Gasteiger partial charge in [-0.15, -0.1) is 0 Å². The number of ether oxygens (including phenoxy) is 3. The topological polar surface area (TPSA) is 78.9 Å². The number of hydrogen-bond acceptors (Lipinski definition) is 6. The van der Waals surface area contributed by atoms with Crippen LogP contribution in [0.2, 0.25) is 0 Å². The van der Waals surface area contributed by atoms with Gasteiger partial charge >= 0.3 is 17.9 Å². The van der Waals surface area contributed by atoms with Crippen LogP contribution in [0, 0.1) is 0 Å². The molecule has 0 bridgehead atoms.